The van der Waals surface area contributed by atoms with Crippen molar-refractivity contribution in [2.24, 2.45) is 0 Å². The van der Waals surface area contributed by atoms with Gasteiger partial charge in [0, 0.05) is 32.4 Å². The topological polar surface area (TPSA) is 51.5 Å². The Bertz CT molecular complexity index is 731. The van der Waals surface area contributed by atoms with Crippen LogP contribution in [0.5, 0.6) is 0 Å². The quantitative estimate of drug-likeness (QED) is 0.346. The van der Waals surface area contributed by atoms with Crippen molar-refractivity contribution >= 4 is 58.0 Å². The second-order valence-corrected chi connectivity index (χ2v) is 5.60. The number of thiophene rings is 1. The predicted octanol–water partition coefficient (Wildman–Crippen LogP) is 3.33. The van der Waals surface area contributed by atoms with Crippen molar-refractivity contribution in [1.29, 1.82) is 10.7 Å². The highest BCUT2D eigenvalue weighted by Gasteiger charge is 2.11. The maximum absolute atomic E-state index is 8.85. The van der Waals surface area contributed by atoms with Crippen molar-refractivity contribution in [3.8, 4) is 6.07 Å². The summed E-state index contributed by atoms with van der Waals surface area (Å²) >= 11 is 10.6. The van der Waals surface area contributed by atoms with Gasteiger partial charge in [-0.05, 0) is 11.4 Å². The Morgan fingerprint density at radius 2 is 1.90 bits per heavy atom. The normalized spacial score (nSPS) is 11.2. The van der Waals surface area contributed by atoms with Crippen molar-refractivity contribution in [1.82, 2.24) is 0 Å². The fourth-order valence-electron chi connectivity index (χ4n) is 1.55. The Balaban J connectivity index is 2.38. The van der Waals surface area contributed by atoms with Gasteiger partial charge in [-0.1, -0.05) is 6.07 Å². The van der Waals surface area contributed by atoms with Crippen LogP contribution in [0.4, 0.5) is 0 Å². The van der Waals surface area contributed by atoms with E-state index in [1.54, 1.807) is 23.7 Å². The predicted molar refractivity (Wildman–Crippen MR) is 88.8 cm³/mol. The molecule has 0 aromatic carbocycles. The molecule has 0 bridgehead atoms. The first-order valence-electron chi connectivity index (χ1n) is 5.55. The number of nitrogens with zero attached hydrogens (tertiary/aromatic N) is 2. The molecule has 2 aromatic heterocycles. The molecule has 0 atom stereocenters. The number of allylic oxidation sites excluding steroid dienone is 1. The first-order valence-corrected chi connectivity index (χ1v) is 7.32. The highest BCUT2D eigenvalue weighted by Crippen LogP contribution is 2.33. The van der Waals surface area contributed by atoms with Crippen LogP contribution in [0.2, 0.25) is 0 Å². The maximum Gasteiger partial charge on any atom is 0.351 e. The molecule has 0 aliphatic carbocycles. The lowest BCUT2D eigenvalue weighted by atomic mass is 10.2. The van der Waals surface area contributed by atoms with E-state index in [9.17, 15) is 0 Å². The van der Waals surface area contributed by atoms with E-state index in [1.165, 1.54) is 4.57 Å². The molecule has 0 unspecified atom stereocenters. The third-order valence-electron chi connectivity index (χ3n) is 2.56. The third kappa shape index (κ3) is 3.03. The zero-order valence-electron chi connectivity index (χ0n) is 10.2. The van der Waals surface area contributed by atoms with Crippen LogP contribution in [0.3, 0.4) is 0 Å². The van der Waals surface area contributed by atoms with Gasteiger partial charge < -0.3 is 0 Å². The minimum absolute atomic E-state index is 0.130. The van der Waals surface area contributed by atoms with Gasteiger partial charge in [0.05, 0.1) is 5.87 Å². The summed E-state index contributed by atoms with van der Waals surface area (Å²) in [7, 11) is 0. The summed E-state index contributed by atoms with van der Waals surface area (Å²) in [6, 6.07) is 9.49. The minimum Gasteiger partial charge on any atom is -0.252 e. The smallest absolute Gasteiger partial charge is 0.252 e. The zero-order valence-corrected chi connectivity index (χ0v) is 12.8. The van der Waals surface area contributed by atoms with Crippen LogP contribution in [0.1, 0.15) is 10.4 Å². The first-order chi connectivity index (χ1) is 9.67. The SMILES string of the molecule is N#CC(=C=N)[n+]1ccc(/C(S)=C(\S)c2cccs2)cc1. The van der Waals surface area contributed by atoms with Crippen LogP contribution in [-0.2, 0) is 0 Å². The molecule has 1 N–H and O–H groups in total. The molecule has 0 radical (unpaired) electrons. The average molecular weight is 316 g/mol. The van der Waals surface area contributed by atoms with Gasteiger partial charge in [-0.15, -0.1) is 41.2 Å². The van der Waals surface area contributed by atoms with Crippen molar-refractivity contribution in [2.45, 2.75) is 0 Å². The molecule has 2 rings (SSSR count). The van der Waals surface area contributed by atoms with Gasteiger partial charge in [0.1, 0.15) is 0 Å². The summed E-state index contributed by atoms with van der Waals surface area (Å²) in [5.41, 5.74) is 1.02. The van der Waals surface area contributed by atoms with E-state index < -0.39 is 0 Å². The highest BCUT2D eigenvalue weighted by molar-refractivity contribution is 7.96. The lowest BCUT2D eigenvalue weighted by Gasteiger charge is -2.03. The summed E-state index contributed by atoms with van der Waals surface area (Å²) in [5, 5.41) is 17.9. The Labute approximate surface area is 131 Å². The van der Waals surface area contributed by atoms with E-state index >= 15 is 0 Å². The molecule has 0 aliphatic rings. The van der Waals surface area contributed by atoms with Gasteiger partial charge in [-0.3, -0.25) is 5.41 Å². The Hall–Kier alpha value is -1.77. The molecule has 0 aliphatic heterocycles. The summed E-state index contributed by atoms with van der Waals surface area (Å²) in [4.78, 5) is 2.62. The van der Waals surface area contributed by atoms with Crippen LogP contribution in [0.15, 0.2) is 42.0 Å². The molecule has 0 fully saturated rings. The van der Waals surface area contributed by atoms with Crippen molar-refractivity contribution in [3.05, 3.63) is 52.5 Å². The molecular weight excluding hydrogens is 306 g/mol. The van der Waals surface area contributed by atoms with E-state index in [-0.39, 0.29) is 5.70 Å². The van der Waals surface area contributed by atoms with Crippen molar-refractivity contribution < 1.29 is 4.57 Å². The van der Waals surface area contributed by atoms with Gasteiger partial charge in [0.2, 0.25) is 0 Å². The number of pyridine rings is 1. The lowest BCUT2D eigenvalue weighted by Crippen LogP contribution is -2.30. The van der Waals surface area contributed by atoms with Crippen molar-refractivity contribution in [3.63, 3.8) is 0 Å². The van der Waals surface area contributed by atoms with Gasteiger partial charge in [-0.2, -0.15) is 5.26 Å². The van der Waals surface area contributed by atoms with Crippen LogP contribution < -0.4 is 4.57 Å². The second-order valence-electron chi connectivity index (χ2n) is 3.75. The summed E-state index contributed by atoms with van der Waals surface area (Å²) < 4.78 is 1.53. The van der Waals surface area contributed by atoms with Crippen LogP contribution >= 0.6 is 36.6 Å². The number of rotatable bonds is 3. The summed E-state index contributed by atoms with van der Waals surface area (Å²) in [6.45, 7) is 0. The average Bonchev–Trinajstić information content (AvgIpc) is 3.02. The first kappa shape index (κ1) is 14.6. The number of thiol groups is 2. The monoisotopic (exact) mass is 316 g/mol. The molecule has 0 spiro atoms. The van der Waals surface area contributed by atoms with Crippen LogP contribution in [-0.4, -0.2) is 5.87 Å². The van der Waals surface area contributed by atoms with Gasteiger partial charge in [0.25, 0.3) is 0 Å². The molecule has 3 nitrogen and oxygen atoms in total. The lowest BCUT2D eigenvalue weighted by molar-refractivity contribution is -0.576. The fraction of sp³-hybridized carbons (Fsp3) is 0. The fourth-order valence-corrected chi connectivity index (χ4v) is 2.93. The summed E-state index contributed by atoms with van der Waals surface area (Å²) in [6.07, 6.45) is 3.39. The van der Waals surface area contributed by atoms with Gasteiger partial charge in [0.15, 0.2) is 18.5 Å². The Morgan fingerprint density at radius 3 is 2.40 bits per heavy atom. The second kappa shape index (κ2) is 6.60. The van der Waals surface area contributed by atoms with Gasteiger partial charge in [-0.25, -0.2) is 0 Å². The maximum atomic E-state index is 8.85. The van der Waals surface area contributed by atoms with Crippen LogP contribution in [0.25, 0.3) is 15.5 Å². The minimum atomic E-state index is 0.130. The summed E-state index contributed by atoms with van der Waals surface area (Å²) in [5.74, 6) is 2.09. The van der Waals surface area contributed by atoms with Gasteiger partial charge >= 0.3 is 5.70 Å². The van der Waals surface area contributed by atoms with E-state index in [0.717, 1.165) is 20.3 Å². The number of hydrogen-bond acceptors (Lipinski definition) is 5. The molecule has 0 saturated heterocycles. The standard InChI is InChI=1S/C14H9N3S3/c15-8-11(9-16)17-5-3-10(4-6-17)13(18)14(19)12-2-1-7-20-12/h1-7,15,18H/p+1. The van der Waals surface area contributed by atoms with E-state index in [2.05, 4.69) is 31.1 Å². The van der Waals surface area contributed by atoms with Crippen molar-refractivity contribution in [2.75, 3.05) is 0 Å². The van der Waals surface area contributed by atoms with Crippen LogP contribution in [0, 0.1) is 16.7 Å². The number of nitrogens with one attached hydrogen (secondary N) is 1. The molecular formula is C14H10N3S3+. The third-order valence-corrected chi connectivity index (χ3v) is 4.73. The molecule has 6 heteroatoms. The molecule has 2 heterocycles. The Kier molecular flexibility index (Phi) is 4.83. The molecule has 2 aromatic rings. The number of aromatic nitrogens is 1. The number of hydrogen-bond donors (Lipinski definition) is 3. The highest BCUT2D eigenvalue weighted by atomic mass is 32.1. The number of nitriles is 1. The zero-order chi connectivity index (χ0) is 14.5. The molecule has 98 valence electrons. The van der Waals surface area contributed by atoms with E-state index in [4.69, 9.17) is 10.7 Å². The molecule has 20 heavy (non-hydrogen) atoms. The molecule has 0 saturated carbocycles. The molecule has 0 amide bonds. The largest absolute Gasteiger partial charge is 0.351 e. The van der Waals surface area contributed by atoms with E-state index in [0.29, 0.717) is 0 Å². The Morgan fingerprint density at radius 1 is 1.20 bits per heavy atom. The van der Waals surface area contributed by atoms with E-state index in [1.807, 2.05) is 35.7 Å².